The van der Waals surface area contributed by atoms with Crippen LogP contribution < -0.4 is 10.6 Å². The SMILES string of the molecule is CCCC1(C(=O)NCC2CNCC2O)CC1. The van der Waals surface area contributed by atoms with E-state index in [-0.39, 0.29) is 23.3 Å². The highest BCUT2D eigenvalue weighted by Gasteiger charge is 2.48. The summed E-state index contributed by atoms with van der Waals surface area (Å²) in [7, 11) is 0. The molecule has 0 spiro atoms. The Kier molecular flexibility index (Phi) is 3.50. The molecule has 0 radical (unpaired) electrons. The van der Waals surface area contributed by atoms with Gasteiger partial charge in [0.05, 0.1) is 6.10 Å². The molecule has 4 heteroatoms. The highest BCUT2D eigenvalue weighted by molar-refractivity contribution is 5.85. The fraction of sp³-hybridized carbons (Fsp3) is 0.917. The number of aliphatic hydroxyl groups is 1. The fourth-order valence-electron chi connectivity index (χ4n) is 2.56. The Morgan fingerprint density at radius 3 is 2.75 bits per heavy atom. The molecular formula is C12H22N2O2. The first kappa shape index (κ1) is 11.9. The van der Waals surface area contributed by atoms with E-state index >= 15 is 0 Å². The van der Waals surface area contributed by atoms with Gasteiger partial charge in [0.25, 0.3) is 0 Å². The molecule has 2 aliphatic rings. The van der Waals surface area contributed by atoms with Gasteiger partial charge in [0.2, 0.25) is 5.91 Å². The Labute approximate surface area is 96.8 Å². The van der Waals surface area contributed by atoms with E-state index in [9.17, 15) is 9.90 Å². The number of hydrogen-bond donors (Lipinski definition) is 3. The molecule has 16 heavy (non-hydrogen) atoms. The summed E-state index contributed by atoms with van der Waals surface area (Å²) >= 11 is 0. The third-order valence-corrected chi connectivity index (χ3v) is 3.89. The lowest BCUT2D eigenvalue weighted by Gasteiger charge is -2.18. The maximum absolute atomic E-state index is 12.0. The van der Waals surface area contributed by atoms with Gasteiger partial charge in [0, 0.05) is 31.0 Å². The standard InChI is InChI=1S/C12H22N2O2/c1-2-3-12(4-5-12)11(16)14-7-9-6-13-8-10(9)15/h9-10,13,15H,2-8H2,1H3,(H,14,16). The first-order chi connectivity index (χ1) is 7.68. The number of amides is 1. The molecule has 1 saturated carbocycles. The van der Waals surface area contributed by atoms with Crippen molar-refractivity contribution in [1.82, 2.24) is 10.6 Å². The number of rotatable bonds is 5. The Morgan fingerprint density at radius 1 is 1.50 bits per heavy atom. The van der Waals surface area contributed by atoms with Crippen LogP contribution in [0.4, 0.5) is 0 Å². The molecular weight excluding hydrogens is 204 g/mol. The minimum atomic E-state index is -0.304. The van der Waals surface area contributed by atoms with Crippen molar-refractivity contribution in [3.63, 3.8) is 0 Å². The second-order valence-electron chi connectivity index (χ2n) is 5.23. The Hall–Kier alpha value is -0.610. The van der Waals surface area contributed by atoms with Gasteiger partial charge in [-0.05, 0) is 19.3 Å². The summed E-state index contributed by atoms with van der Waals surface area (Å²) in [5, 5.41) is 15.7. The lowest BCUT2D eigenvalue weighted by atomic mass is 9.99. The van der Waals surface area contributed by atoms with Crippen LogP contribution in [0.3, 0.4) is 0 Å². The van der Waals surface area contributed by atoms with Crippen LogP contribution in [0.25, 0.3) is 0 Å². The van der Waals surface area contributed by atoms with Gasteiger partial charge in [0.15, 0.2) is 0 Å². The van der Waals surface area contributed by atoms with Crippen LogP contribution in [-0.4, -0.2) is 36.8 Å². The highest BCUT2D eigenvalue weighted by Crippen LogP contribution is 2.49. The molecule has 0 aromatic carbocycles. The Morgan fingerprint density at radius 2 is 2.25 bits per heavy atom. The lowest BCUT2D eigenvalue weighted by molar-refractivity contribution is -0.126. The monoisotopic (exact) mass is 226 g/mol. The van der Waals surface area contributed by atoms with E-state index in [1.807, 2.05) is 0 Å². The average molecular weight is 226 g/mol. The third-order valence-electron chi connectivity index (χ3n) is 3.89. The molecule has 2 atom stereocenters. The summed E-state index contributed by atoms with van der Waals surface area (Å²) in [6.07, 6.45) is 3.85. The maximum Gasteiger partial charge on any atom is 0.226 e. The molecule has 0 aromatic rings. The van der Waals surface area contributed by atoms with Crippen molar-refractivity contribution in [3.8, 4) is 0 Å². The van der Waals surface area contributed by atoms with Crippen molar-refractivity contribution in [3.05, 3.63) is 0 Å². The molecule has 1 aliphatic carbocycles. The van der Waals surface area contributed by atoms with Gasteiger partial charge in [0.1, 0.15) is 0 Å². The van der Waals surface area contributed by atoms with Gasteiger partial charge in [-0.25, -0.2) is 0 Å². The summed E-state index contributed by atoms with van der Waals surface area (Å²) in [5.74, 6) is 0.384. The molecule has 1 saturated heterocycles. The predicted molar refractivity (Wildman–Crippen MR) is 62.0 cm³/mol. The topological polar surface area (TPSA) is 61.4 Å². The number of nitrogens with one attached hydrogen (secondary N) is 2. The molecule has 1 heterocycles. The van der Waals surface area contributed by atoms with Crippen molar-refractivity contribution in [1.29, 1.82) is 0 Å². The summed E-state index contributed by atoms with van der Waals surface area (Å²) in [5.41, 5.74) is -0.0499. The number of carbonyl (C=O) groups is 1. The van der Waals surface area contributed by atoms with Crippen LogP contribution in [0.15, 0.2) is 0 Å². The first-order valence-electron chi connectivity index (χ1n) is 6.35. The van der Waals surface area contributed by atoms with E-state index in [1.165, 1.54) is 0 Å². The van der Waals surface area contributed by atoms with E-state index in [2.05, 4.69) is 17.6 Å². The molecule has 4 nitrogen and oxygen atoms in total. The van der Waals surface area contributed by atoms with E-state index in [0.29, 0.717) is 13.1 Å². The smallest absolute Gasteiger partial charge is 0.226 e. The highest BCUT2D eigenvalue weighted by atomic mass is 16.3. The molecule has 92 valence electrons. The predicted octanol–water partition coefficient (Wildman–Crippen LogP) is 0.263. The van der Waals surface area contributed by atoms with Crippen molar-refractivity contribution in [2.75, 3.05) is 19.6 Å². The number of aliphatic hydroxyl groups excluding tert-OH is 1. The van der Waals surface area contributed by atoms with E-state index < -0.39 is 0 Å². The van der Waals surface area contributed by atoms with Crippen LogP contribution >= 0.6 is 0 Å². The summed E-state index contributed by atoms with van der Waals surface area (Å²) in [6, 6.07) is 0. The zero-order chi connectivity index (χ0) is 11.6. The first-order valence-corrected chi connectivity index (χ1v) is 6.35. The van der Waals surface area contributed by atoms with E-state index in [0.717, 1.165) is 32.2 Å². The van der Waals surface area contributed by atoms with Gasteiger partial charge in [-0.2, -0.15) is 0 Å². The van der Waals surface area contributed by atoms with Gasteiger partial charge >= 0.3 is 0 Å². The van der Waals surface area contributed by atoms with Gasteiger partial charge < -0.3 is 15.7 Å². The number of β-amino-alcohol motifs (C(OH)–C–C–N with tert-alkyl or cyclic N) is 1. The van der Waals surface area contributed by atoms with Gasteiger partial charge in [-0.1, -0.05) is 13.3 Å². The van der Waals surface area contributed by atoms with Gasteiger partial charge in [-0.15, -0.1) is 0 Å². The van der Waals surface area contributed by atoms with Crippen LogP contribution in [0, 0.1) is 11.3 Å². The molecule has 3 N–H and O–H groups in total. The Balaban J connectivity index is 1.75. The van der Waals surface area contributed by atoms with Crippen molar-refractivity contribution >= 4 is 5.91 Å². The van der Waals surface area contributed by atoms with Crippen LogP contribution in [0.2, 0.25) is 0 Å². The molecule has 2 rings (SSSR count). The normalized spacial score (nSPS) is 31.4. The second kappa shape index (κ2) is 4.72. The van der Waals surface area contributed by atoms with E-state index in [1.54, 1.807) is 0 Å². The number of hydrogen-bond acceptors (Lipinski definition) is 3. The van der Waals surface area contributed by atoms with Crippen LogP contribution in [0.1, 0.15) is 32.6 Å². The molecule has 1 amide bonds. The average Bonchev–Trinajstić information content (AvgIpc) is 2.93. The van der Waals surface area contributed by atoms with Crippen LogP contribution in [0.5, 0.6) is 0 Å². The number of carbonyl (C=O) groups excluding carboxylic acids is 1. The van der Waals surface area contributed by atoms with E-state index in [4.69, 9.17) is 0 Å². The van der Waals surface area contributed by atoms with Gasteiger partial charge in [-0.3, -0.25) is 4.79 Å². The summed E-state index contributed by atoms with van der Waals surface area (Å²) < 4.78 is 0. The molecule has 0 bridgehead atoms. The zero-order valence-corrected chi connectivity index (χ0v) is 9.96. The molecule has 1 aliphatic heterocycles. The fourth-order valence-corrected chi connectivity index (χ4v) is 2.56. The Bertz CT molecular complexity index is 264. The second-order valence-corrected chi connectivity index (χ2v) is 5.23. The molecule has 2 unspecified atom stereocenters. The summed E-state index contributed by atoms with van der Waals surface area (Å²) in [6.45, 7) is 4.19. The lowest BCUT2D eigenvalue weighted by Crippen LogP contribution is -2.38. The minimum Gasteiger partial charge on any atom is -0.391 e. The summed E-state index contributed by atoms with van der Waals surface area (Å²) in [4.78, 5) is 12.0. The van der Waals surface area contributed by atoms with Crippen molar-refractivity contribution in [2.45, 2.75) is 38.7 Å². The zero-order valence-electron chi connectivity index (χ0n) is 9.96. The molecule has 0 aromatic heterocycles. The molecule has 2 fully saturated rings. The minimum absolute atomic E-state index is 0.0499. The quantitative estimate of drug-likeness (QED) is 0.630. The largest absolute Gasteiger partial charge is 0.391 e. The third kappa shape index (κ3) is 2.38. The van der Waals surface area contributed by atoms with Crippen LogP contribution in [-0.2, 0) is 4.79 Å². The van der Waals surface area contributed by atoms with Crippen molar-refractivity contribution < 1.29 is 9.90 Å². The maximum atomic E-state index is 12.0. The van der Waals surface area contributed by atoms with Crippen molar-refractivity contribution in [2.24, 2.45) is 11.3 Å².